The Morgan fingerprint density at radius 2 is 2.10 bits per heavy atom. The highest BCUT2D eigenvalue weighted by Gasteiger charge is 2.11. The van der Waals surface area contributed by atoms with Crippen LogP contribution in [0.3, 0.4) is 0 Å². The Labute approximate surface area is 129 Å². The minimum Gasteiger partial charge on any atom is -0.497 e. The van der Waals surface area contributed by atoms with Crippen molar-refractivity contribution in [3.8, 4) is 11.5 Å². The molecular weight excluding hydrogens is 346 g/mol. The van der Waals surface area contributed by atoms with Crippen LogP contribution >= 0.6 is 15.9 Å². The molecule has 0 unspecified atom stereocenters. The van der Waals surface area contributed by atoms with Crippen LogP contribution in [0.2, 0.25) is 0 Å². The number of aromatic nitrogens is 1. The van der Waals surface area contributed by atoms with Crippen LogP contribution in [0.15, 0.2) is 41.1 Å². The molecule has 0 spiro atoms. The highest BCUT2D eigenvalue weighted by atomic mass is 79.9. The Bertz CT molecular complexity index is 611. The largest absolute Gasteiger partial charge is 0.497 e. The zero-order valence-corrected chi connectivity index (χ0v) is 12.7. The van der Waals surface area contributed by atoms with Crippen LogP contribution in [0, 0.1) is 0 Å². The first-order valence-electron chi connectivity index (χ1n) is 6.04. The summed E-state index contributed by atoms with van der Waals surface area (Å²) in [6.45, 7) is -2.47. The third-order valence-electron chi connectivity index (χ3n) is 2.65. The lowest BCUT2D eigenvalue weighted by molar-refractivity contribution is -0.0494. The molecule has 1 aromatic heterocycles. The predicted octanol–water partition coefficient (Wildman–Crippen LogP) is 4.07. The van der Waals surface area contributed by atoms with Crippen LogP contribution in [0.1, 0.15) is 5.56 Å². The molecule has 2 aromatic rings. The van der Waals surface area contributed by atoms with E-state index in [2.05, 4.69) is 31.0 Å². The molecular formula is C14H13BrF2N2O2. The maximum absolute atomic E-state index is 12.4. The van der Waals surface area contributed by atoms with E-state index in [1.165, 1.54) is 13.2 Å². The van der Waals surface area contributed by atoms with Gasteiger partial charge in [-0.2, -0.15) is 8.78 Å². The predicted molar refractivity (Wildman–Crippen MR) is 78.9 cm³/mol. The van der Waals surface area contributed by atoms with Crippen molar-refractivity contribution in [1.29, 1.82) is 0 Å². The first-order chi connectivity index (χ1) is 10.1. The van der Waals surface area contributed by atoms with E-state index in [-0.39, 0.29) is 5.75 Å². The van der Waals surface area contributed by atoms with Gasteiger partial charge in [-0.25, -0.2) is 0 Å². The van der Waals surface area contributed by atoms with Crippen LogP contribution in [0.4, 0.5) is 14.5 Å². The second-order valence-corrected chi connectivity index (χ2v) is 5.02. The SMILES string of the molecule is COc1ccc(OC(F)F)c(NCc2cncc(Br)c2)c1. The molecule has 0 aliphatic heterocycles. The van der Waals surface area contributed by atoms with E-state index in [0.29, 0.717) is 18.0 Å². The molecule has 1 heterocycles. The van der Waals surface area contributed by atoms with Gasteiger partial charge in [-0.15, -0.1) is 0 Å². The van der Waals surface area contributed by atoms with Crippen molar-refractivity contribution in [1.82, 2.24) is 4.98 Å². The van der Waals surface area contributed by atoms with Crippen LogP contribution in [-0.2, 0) is 6.54 Å². The number of methoxy groups -OCH3 is 1. The van der Waals surface area contributed by atoms with E-state index in [1.807, 2.05) is 6.07 Å². The van der Waals surface area contributed by atoms with Gasteiger partial charge in [-0.1, -0.05) is 0 Å². The van der Waals surface area contributed by atoms with Gasteiger partial charge < -0.3 is 14.8 Å². The molecule has 7 heteroatoms. The monoisotopic (exact) mass is 358 g/mol. The normalized spacial score (nSPS) is 10.5. The lowest BCUT2D eigenvalue weighted by atomic mass is 10.2. The molecule has 0 fully saturated rings. The maximum atomic E-state index is 12.4. The fourth-order valence-electron chi connectivity index (χ4n) is 1.72. The standard InChI is InChI=1S/C14H13BrF2N2O2/c1-20-11-2-3-13(21-14(16)17)12(5-11)19-7-9-4-10(15)8-18-6-9/h2-6,8,14,19H,7H2,1H3. The van der Waals surface area contributed by atoms with Gasteiger partial charge in [0, 0.05) is 29.5 Å². The Hall–Kier alpha value is -1.89. The summed E-state index contributed by atoms with van der Waals surface area (Å²) in [5.74, 6) is 0.611. The molecule has 4 nitrogen and oxygen atoms in total. The Kier molecular flexibility index (Phi) is 5.32. The van der Waals surface area contributed by atoms with Crippen LogP contribution < -0.4 is 14.8 Å². The molecule has 0 saturated heterocycles. The fourth-order valence-corrected chi connectivity index (χ4v) is 2.14. The summed E-state index contributed by atoms with van der Waals surface area (Å²) < 4.78 is 35.2. The van der Waals surface area contributed by atoms with Gasteiger partial charge in [-0.05, 0) is 39.7 Å². The average Bonchev–Trinajstić information content (AvgIpc) is 2.46. The molecule has 0 bridgehead atoms. The Balaban J connectivity index is 2.16. The van der Waals surface area contributed by atoms with Gasteiger partial charge in [-0.3, -0.25) is 4.98 Å². The van der Waals surface area contributed by atoms with E-state index in [1.54, 1.807) is 24.5 Å². The fraction of sp³-hybridized carbons (Fsp3) is 0.214. The van der Waals surface area contributed by atoms with E-state index < -0.39 is 6.61 Å². The van der Waals surface area contributed by atoms with E-state index in [9.17, 15) is 8.78 Å². The molecule has 0 atom stereocenters. The zero-order chi connectivity index (χ0) is 15.2. The third kappa shape index (κ3) is 4.56. The van der Waals surface area contributed by atoms with E-state index in [0.717, 1.165) is 10.0 Å². The number of nitrogens with zero attached hydrogens (tertiary/aromatic N) is 1. The van der Waals surface area contributed by atoms with Crippen molar-refractivity contribution < 1.29 is 18.3 Å². The van der Waals surface area contributed by atoms with Gasteiger partial charge in [0.05, 0.1) is 12.8 Å². The number of rotatable bonds is 6. The lowest BCUT2D eigenvalue weighted by Gasteiger charge is -2.14. The van der Waals surface area contributed by atoms with Crippen LogP contribution in [0.5, 0.6) is 11.5 Å². The van der Waals surface area contributed by atoms with Gasteiger partial charge in [0.15, 0.2) is 0 Å². The molecule has 2 rings (SSSR count). The van der Waals surface area contributed by atoms with Crippen LogP contribution in [-0.4, -0.2) is 18.7 Å². The summed E-state index contributed by atoms with van der Waals surface area (Å²) in [6, 6.07) is 6.48. The summed E-state index contributed by atoms with van der Waals surface area (Å²) in [7, 11) is 1.50. The minimum absolute atomic E-state index is 0.0637. The van der Waals surface area contributed by atoms with Gasteiger partial charge in [0.2, 0.25) is 0 Å². The number of pyridine rings is 1. The molecule has 0 saturated carbocycles. The minimum atomic E-state index is -2.88. The summed E-state index contributed by atoms with van der Waals surface area (Å²) in [5, 5.41) is 3.04. The number of alkyl halides is 2. The molecule has 0 aliphatic rings. The zero-order valence-electron chi connectivity index (χ0n) is 11.1. The highest BCUT2D eigenvalue weighted by molar-refractivity contribution is 9.10. The quantitative estimate of drug-likeness (QED) is 0.845. The number of hydrogen-bond donors (Lipinski definition) is 1. The number of benzene rings is 1. The van der Waals surface area contributed by atoms with Gasteiger partial charge in [0.25, 0.3) is 0 Å². The number of anilines is 1. The van der Waals surface area contributed by atoms with E-state index in [4.69, 9.17) is 4.74 Å². The summed E-state index contributed by atoms with van der Waals surface area (Å²) in [4.78, 5) is 4.04. The van der Waals surface area contributed by atoms with Crippen molar-refractivity contribution in [2.75, 3.05) is 12.4 Å². The second-order valence-electron chi connectivity index (χ2n) is 4.11. The summed E-state index contributed by atoms with van der Waals surface area (Å²) >= 11 is 3.32. The average molecular weight is 359 g/mol. The van der Waals surface area contributed by atoms with E-state index >= 15 is 0 Å². The number of halogens is 3. The number of nitrogens with one attached hydrogen (secondary N) is 1. The molecule has 0 radical (unpaired) electrons. The molecule has 0 aliphatic carbocycles. The number of ether oxygens (including phenoxy) is 2. The first kappa shape index (κ1) is 15.5. The summed E-state index contributed by atoms with van der Waals surface area (Å²) in [5.41, 5.74) is 1.32. The molecule has 1 N–H and O–H groups in total. The second kappa shape index (κ2) is 7.21. The smallest absolute Gasteiger partial charge is 0.387 e. The molecule has 21 heavy (non-hydrogen) atoms. The van der Waals surface area contributed by atoms with Crippen LogP contribution in [0.25, 0.3) is 0 Å². The number of hydrogen-bond acceptors (Lipinski definition) is 4. The molecule has 0 amide bonds. The Morgan fingerprint density at radius 3 is 2.76 bits per heavy atom. The lowest BCUT2D eigenvalue weighted by Crippen LogP contribution is -2.07. The topological polar surface area (TPSA) is 43.4 Å². The van der Waals surface area contributed by atoms with Crippen molar-refractivity contribution in [3.63, 3.8) is 0 Å². The van der Waals surface area contributed by atoms with Gasteiger partial charge in [0.1, 0.15) is 11.5 Å². The maximum Gasteiger partial charge on any atom is 0.387 e. The molecule has 112 valence electrons. The highest BCUT2D eigenvalue weighted by Crippen LogP contribution is 2.30. The van der Waals surface area contributed by atoms with Crippen molar-refractivity contribution in [2.24, 2.45) is 0 Å². The first-order valence-corrected chi connectivity index (χ1v) is 6.84. The van der Waals surface area contributed by atoms with Crippen molar-refractivity contribution >= 4 is 21.6 Å². The third-order valence-corrected chi connectivity index (χ3v) is 3.08. The summed E-state index contributed by atoms with van der Waals surface area (Å²) in [6.07, 6.45) is 3.35. The van der Waals surface area contributed by atoms with Crippen molar-refractivity contribution in [2.45, 2.75) is 13.2 Å². The molecule has 1 aromatic carbocycles. The van der Waals surface area contributed by atoms with Gasteiger partial charge >= 0.3 is 6.61 Å². The Morgan fingerprint density at radius 1 is 1.29 bits per heavy atom. The van der Waals surface area contributed by atoms with Crippen molar-refractivity contribution in [3.05, 3.63) is 46.7 Å².